The number of aryl methyl sites for hydroxylation is 1. The average molecular weight is 433 g/mol. The lowest BCUT2D eigenvalue weighted by molar-refractivity contribution is -0.130. The molecule has 0 N–H and O–H groups in total. The highest BCUT2D eigenvalue weighted by molar-refractivity contribution is 9.10. The number of benzene rings is 2. The van der Waals surface area contributed by atoms with E-state index in [4.69, 9.17) is 9.47 Å². The lowest BCUT2D eigenvalue weighted by atomic mass is 10.1. The second kappa shape index (κ2) is 8.21. The first kappa shape index (κ1) is 19.5. The molecule has 0 spiro atoms. The summed E-state index contributed by atoms with van der Waals surface area (Å²) >= 11 is 3.57. The van der Waals surface area contributed by atoms with E-state index in [1.54, 1.807) is 21.2 Å². The van der Waals surface area contributed by atoms with Gasteiger partial charge < -0.3 is 19.3 Å². The fourth-order valence-electron chi connectivity index (χ4n) is 3.39. The maximum absolute atomic E-state index is 11.8. The van der Waals surface area contributed by atoms with E-state index in [1.807, 2.05) is 12.1 Å². The number of para-hydroxylation sites is 1. The Balaban J connectivity index is 1.81. The normalized spacial score (nSPS) is 12.7. The van der Waals surface area contributed by atoms with Crippen LogP contribution in [0.4, 0.5) is 5.69 Å². The van der Waals surface area contributed by atoms with Gasteiger partial charge in [0.25, 0.3) is 5.91 Å². The molecule has 0 radical (unpaired) electrons. The van der Waals surface area contributed by atoms with E-state index in [0.717, 1.165) is 29.5 Å². The van der Waals surface area contributed by atoms with E-state index in [0.29, 0.717) is 11.5 Å². The molecule has 5 nitrogen and oxygen atoms in total. The van der Waals surface area contributed by atoms with Crippen molar-refractivity contribution in [3.05, 3.63) is 51.5 Å². The number of likely N-dealkylation sites (N-methyl/N-ethyl adjacent to an activating group) is 1. The maximum Gasteiger partial charge on any atom is 0.259 e. The predicted molar refractivity (Wildman–Crippen MR) is 111 cm³/mol. The number of hydrogen-bond donors (Lipinski definition) is 0. The first-order valence-electron chi connectivity index (χ1n) is 8.93. The first-order valence-corrected chi connectivity index (χ1v) is 9.72. The Labute approximate surface area is 169 Å². The van der Waals surface area contributed by atoms with Crippen LogP contribution in [0.25, 0.3) is 0 Å². The number of rotatable bonds is 6. The molecule has 6 heteroatoms. The number of fused-ring (bicyclic) bond motifs is 1. The van der Waals surface area contributed by atoms with Crippen LogP contribution in [0.15, 0.2) is 34.8 Å². The van der Waals surface area contributed by atoms with Crippen LogP contribution >= 0.6 is 15.9 Å². The van der Waals surface area contributed by atoms with Gasteiger partial charge in [0.15, 0.2) is 18.1 Å². The van der Waals surface area contributed by atoms with E-state index in [9.17, 15) is 4.79 Å². The lowest BCUT2D eigenvalue weighted by Crippen LogP contribution is -2.27. The number of nitrogens with zero attached hydrogens (tertiary/aromatic N) is 2. The third-order valence-corrected chi connectivity index (χ3v) is 5.38. The van der Waals surface area contributed by atoms with Gasteiger partial charge in [0.2, 0.25) is 0 Å². The number of methoxy groups -OCH3 is 1. The molecule has 27 heavy (non-hydrogen) atoms. The molecule has 2 aromatic rings. The number of ether oxygens (including phenoxy) is 2. The van der Waals surface area contributed by atoms with Gasteiger partial charge in [-0.2, -0.15) is 0 Å². The summed E-state index contributed by atoms with van der Waals surface area (Å²) in [5, 5.41) is 0. The highest BCUT2D eigenvalue weighted by atomic mass is 79.9. The van der Waals surface area contributed by atoms with Gasteiger partial charge in [0.05, 0.1) is 11.6 Å². The second-order valence-electron chi connectivity index (χ2n) is 6.94. The molecule has 144 valence electrons. The molecular formula is C21H25BrN2O3. The van der Waals surface area contributed by atoms with Crippen molar-refractivity contribution in [1.29, 1.82) is 0 Å². The van der Waals surface area contributed by atoms with E-state index in [1.165, 1.54) is 21.7 Å². The van der Waals surface area contributed by atoms with Gasteiger partial charge in [-0.3, -0.25) is 4.79 Å². The van der Waals surface area contributed by atoms with Gasteiger partial charge in [0, 0.05) is 32.9 Å². The highest BCUT2D eigenvalue weighted by Crippen LogP contribution is 2.38. The van der Waals surface area contributed by atoms with Gasteiger partial charge in [-0.05, 0) is 58.1 Å². The lowest BCUT2D eigenvalue weighted by Gasteiger charge is -2.22. The summed E-state index contributed by atoms with van der Waals surface area (Å²) in [6.07, 6.45) is 1.07. The molecule has 1 heterocycles. The van der Waals surface area contributed by atoms with Crippen LogP contribution in [0, 0.1) is 6.92 Å². The van der Waals surface area contributed by atoms with Crippen LogP contribution in [-0.2, 0) is 17.8 Å². The van der Waals surface area contributed by atoms with Crippen molar-refractivity contribution in [2.75, 3.05) is 39.3 Å². The van der Waals surface area contributed by atoms with Gasteiger partial charge in [-0.15, -0.1) is 0 Å². The topological polar surface area (TPSA) is 42.0 Å². The molecule has 0 saturated carbocycles. The standard InChI is InChI=1S/C21H25BrN2O3/c1-14-6-5-7-16-8-9-24(20(14)16)12-15-10-17(22)21(18(11-15)26-4)27-13-19(25)23(2)3/h5-7,10-11H,8-9,12-13H2,1-4H3. The Hall–Kier alpha value is -2.21. The van der Waals surface area contributed by atoms with Crippen molar-refractivity contribution in [2.24, 2.45) is 0 Å². The molecule has 0 bridgehead atoms. The van der Waals surface area contributed by atoms with Crippen LogP contribution in [0.3, 0.4) is 0 Å². The van der Waals surface area contributed by atoms with E-state index in [-0.39, 0.29) is 12.5 Å². The molecule has 0 aromatic heterocycles. The number of halogens is 1. The molecule has 0 fully saturated rings. The summed E-state index contributed by atoms with van der Waals surface area (Å²) < 4.78 is 12.0. The van der Waals surface area contributed by atoms with Crippen LogP contribution in [0.2, 0.25) is 0 Å². The Morgan fingerprint density at radius 1 is 1.30 bits per heavy atom. The monoisotopic (exact) mass is 432 g/mol. The summed E-state index contributed by atoms with van der Waals surface area (Å²) in [5.74, 6) is 1.07. The summed E-state index contributed by atoms with van der Waals surface area (Å²) in [6, 6.07) is 10.5. The Kier molecular flexibility index (Phi) is 5.95. The fourth-order valence-corrected chi connectivity index (χ4v) is 3.99. The van der Waals surface area contributed by atoms with E-state index in [2.05, 4.69) is 46.0 Å². The van der Waals surface area contributed by atoms with Crippen molar-refractivity contribution in [3.8, 4) is 11.5 Å². The fraction of sp³-hybridized carbons (Fsp3) is 0.381. The SMILES string of the molecule is COc1cc(CN2CCc3cccc(C)c32)cc(Br)c1OCC(=O)N(C)C. The quantitative estimate of drug-likeness (QED) is 0.695. The van der Waals surface area contributed by atoms with Gasteiger partial charge in [0.1, 0.15) is 0 Å². The zero-order chi connectivity index (χ0) is 19.6. The molecule has 0 unspecified atom stereocenters. The predicted octanol–water partition coefficient (Wildman–Crippen LogP) is 3.80. The number of carbonyl (C=O) groups excluding carboxylic acids is 1. The minimum Gasteiger partial charge on any atom is -0.493 e. The maximum atomic E-state index is 11.8. The van der Waals surface area contributed by atoms with Crippen molar-refractivity contribution < 1.29 is 14.3 Å². The van der Waals surface area contributed by atoms with Crippen LogP contribution in [0.5, 0.6) is 11.5 Å². The molecule has 0 atom stereocenters. The van der Waals surface area contributed by atoms with Gasteiger partial charge in [-0.25, -0.2) is 0 Å². The van der Waals surface area contributed by atoms with Crippen molar-refractivity contribution in [1.82, 2.24) is 4.90 Å². The number of hydrogen-bond acceptors (Lipinski definition) is 4. The summed E-state index contributed by atoms with van der Waals surface area (Å²) in [5.41, 5.74) is 5.17. The summed E-state index contributed by atoms with van der Waals surface area (Å²) in [6.45, 7) is 3.94. The van der Waals surface area contributed by atoms with Gasteiger partial charge >= 0.3 is 0 Å². The van der Waals surface area contributed by atoms with Crippen molar-refractivity contribution in [3.63, 3.8) is 0 Å². The molecule has 1 aliphatic heterocycles. The zero-order valence-electron chi connectivity index (χ0n) is 16.2. The van der Waals surface area contributed by atoms with Crippen LogP contribution in [0.1, 0.15) is 16.7 Å². The molecule has 1 aliphatic rings. The smallest absolute Gasteiger partial charge is 0.259 e. The number of anilines is 1. The summed E-state index contributed by atoms with van der Waals surface area (Å²) in [4.78, 5) is 15.7. The molecule has 1 amide bonds. The van der Waals surface area contributed by atoms with Crippen LogP contribution < -0.4 is 14.4 Å². The third-order valence-electron chi connectivity index (χ3n) is 4.79. The molecule has 0 aliphatic carbocycles. The van der Waals surface area contributed by atoms with Gasteiger partial charge in [-0.1, -0.05) is 18.2 Å². The zero-order valence-corrected chi connectivity index (χ0v) is 17.8. The average Bonchev–Trinajstić information content (AvgIpc) is 3.04. The Morgan fingerprint density at radius 2 is 2.07 bits per heavy atom. The van der Waals surface area contributed by atoms with Crippen molar-refractivity contribution in [2.45, 2.75) is 19.9 Å². The molecule has 0 saturated heterocycles. The highest BCUT2D eigenvalue weighted by Gasteiger charge is 2.22. The number of carbonyl (C=O) groups is 1. The second-order valence-corrected chi connectivity index (χ2v) is 7.79. The Bertz CT molecular complexity index is 852. The largest absolute Gasteiger partial charge is 0.493 e. The first-order chi connectivity index (χ1) is 12.9. The number of amides is 1. The molecular weight excluding hydrogens is 408 g/mol. The minimum absolute atomic E-state index is 0.0278. The molecule has 2 aromatic carbocycles. The van der Waals surface area contributed by atoms with Crippen LogP contribution in [-0.4, -0.2) is 45.2 Å². The summed E-state index contributed by atoms with van der Waals surface area (Å²) in [7, 11) is 5.02. The minimum atomic E-state index is -0.0998. The Morgan fingerprint density at radius 3 is 2.78 bits per heavy atom. The third kappa shape index (κ3) is 4.21. The van der Waals surface area contributed by atoms with E-state index < -0.39 is 0 Å². The van der Waals surface area contributed by atoms with E-state index >= 15 is 0 Å². The van der Waals surface area contributed by atoms with Crippen molar-refractivity contribution >= 4 is 27.5 Å². The molecule has 3 rings (SSSR count).